The number of benzene rings is 2. The lowest BCUT2D eigenvalue weighted by Gasteiger charge is -2.09. The van der Waals surface area contributed by atoms with Gasteiger partial charge in [0.15, 0.2) is 0 Å². The Kier molecular flexibility index (Phi) is 4.07. The standard InChI is InChI=1S/C19H13N5S/c20-10-14-11-21-16-9-5-4-8-15(16)18(14)22-12-17-23-24-19(25-17)13-6-2-1-3-7-13/h1-9,11H,12H2,(H,21,22). The van der Waals surface area contributed by atoms with E-state index in [0.717, 1.165) is 32.2 Å². The minimum absolute atomic E-state index is 0.507. The van der Waals surface area contributed by atoms with Crippen LogP contribution in [-0.4, -0.2) is 15.2 Å². The van der Waals surface area contributed by atoms with Gasteiger partial charge in [0, 0.05) is 17.1 Å². The highest BCUT2D eigenvalue weighted by Gasteiger charge is 2.10. The average molecular weight is 343 g/mol. The molecule has 4 rings (SSSR count). The van der Waals surface area contributed by atoms with Gasteiger partial charge in [-0.3, -0.25) is 4.98 Å². The Bertz CT molecular complexity index is 1070. The van der Waals surface area contributed by atoms with Gasteiger partial charge in [-0.15, -0.1) is 10.2 Å². The summed E-state index contributed by atoms with van der Waals surface area (Å²) in [5, 5.41) is 23.9. The van der Waals surface area contributed by atoms with E-state index >= 15 is 0 Å². The summed E-state index contributed by atoms with van der Waals surface area (Å²) in [6, 6.07) is 19.9. The van der Waals surface area contributed by atoms with Crippen molar-refractivity contribution in [2.75, 3.05) is 5.32 Å². The van der Waals surface area contributed by atoms with Crippen molar-refractivity contribution in [1.29, 1.82) is 5.26 Å². The second-order valence-electron chi connectivity index (χ2n) is 5.40. The van der Waals surface area contributed by atoms with E-state index in [-0.39, 0.29) is 0 Å². The molecule has 2 heterocycles. The van der Waals surface area contributed by atoms with Crippen molar-refractivity contribution in [3.8, 4) is 16.6 Å². The van der Waals surface area contributed by atoms with Crippen molar-refractivity contribution in [2.24, 2.45) is 0 Å². The van der Waals surface area contributed by atoms with Gasteiger partial charge in [-0.05, 0) is 6.07 Å². The fourth-order valence-electron chi connectivity index (χ4n) is 2.60. The summed E-state index contributed by atoms with van der Waals surface area (Å²) in [5.41, 5.74) is 3.21. The topological polar surface area (TPSA) is 74.5 Å². The number of rotatable bonds is 4. The van der Waals surface area contributed by atoms with Gasteiger partial charge in [0.1, 0.15) is 16.1 Å². The number of anilines is 1. The van der Waals surface area contributed by atoms with Crippen molar-refractivity contribution in [1.82, 2.24) is 15.2 Å². The molecule has 25 heavy (non-hydrogen) atoms. The zero-order chi connectivity index (χ0) is 17.1. The largest absolute Gasteiger partial charge is 0.377 e. The highest BCUT2D eigenvalue weighted by Crippen LogP contribution is 2.27. The van der Waals surface area contributed by atoms with Crippen LogP contribution in [-0.2, 0) is 6.54 Å². The van der Waals surface area contributed by atoms with Crippen LogP contribution in [0.4, 0.5) is 5.69 Å². The quantitative estimate of drug-likeness (QED) is 0.600. The molecule has 6 heteroatoms. The van der Waals surface area contributed by atoms with Crippen molar-refractivity contribution >= 4 is 27.9 Å². The first-order valence-electron chi connectivity index (χ1n) is 7.74. The van der Waals surface area contributed by atoms with Crippen LogP contribution >= 0.6 is 11.3 Å². The van der Waals surface area contributed by atoms with Crippen LogP contribution in [0.15, 0.2) is 60.8 Å². The van der Waals surface area contributed by atoms with Crippen LogP contribution in [0.25, 0.3) is 21.5 Å². The minimum atomic E-state index is 0.507. The molecule has 0 fully saturated rings. The second kappa shape index (κ2) is 6.67. The molecule has 0 spiro atoms. The van der Waals surface area contributed by atoms with Crippen LogP contribution in [0.5, 0.6) is 0 Å². The second-order valence-corrected chi connectivity index (χ2v) is 6.46. The molecular formula is C19H13N5S. The fourth-order valence-corrected chi connectivity index (χ4v) is 3.39. The fraction of sp³-hybridized carbons (Fsp3) is 0.0526. The highest BCUT2D eigenvalue weighted by molar-refractivity contribution is 7.14. The SMILES string of the molecule is N#Cc1cnc2ccccc2c1NCc1nnc(-c2ccccc2)s1. The lowest BCUT2D eigenvalue weighted by atomic mass is 10.1. The summed E-state index contributed by atoms with van der Waals surface area (Å²) in [6.45, 7) is 0.507. The van der Waals surface area contributed by atoms with Gasteiger partial charge in [0.2, 0.25) is 0 Å². The lowest BCUT2D eigenvalue weighted by molar-refractivity contribution is 0.993. The number of para-hydroxylation sites is 1. The molecule has 0 unspecified atom stereocenters. The van der Waals surface area contributed by atoms with Gasteiger partial charge >= 0.3 is 0 Å². The third-order valence-electron chi connectivity index (χ3n) is 3.80. The Hall–Kier alpha value is -3.30. The number of fused-ring (bicyclic) bond motifs is 1. The first-order valence-corrected chi connectivity index (χ1v) is 8.56. The van der Waals surface area contributed by atoms with Gasteiger partial charge in [0.25, 0.3) is 0 Å². The molecule has 0 bridgehead atoms. The normalized spacial score (nSPS) is 10.5. The number of nitrogens with one attached hydrogen (secondary N) is 1. The molecule has 0 saturated heterocycles. The third-order valence-corrected chi connectivity index (χ3v) is 4.77. The van der Waals surface area contributed by atoms with E-state index in [4.69, 9.17) is 0 Å². The molecule has 0 saturated carbocycles. The first-order chi connectivity index (χ1) is 12.3. The van der Waals surface area contributed by atoms with Crippen molar-refractivity contribution in [3.63, 3.8) is 0 Å². The molecule has 1 N–H and O–H groups in total. The molecule has 2 aromatic carbocycles. The highest BCUT2D eigenvalue weighted by atomic mass is 32.1. The summed E-state index contributed by atoms with van der Waals surface area (Å²) < 4.78 is 0. The first kappa shape index (κ1) is 15.2. The average Bonchev–Trinajstić information content (AvgIpc) is 3.15. The van der Waals surface area contributed by atoms with Crippen molar-refractivity contribution < 1.29 is 0 Å². The maximum atomic E-state index is 9.37. The van der Waals surface area contributed by atoms with E-state index in [1.165, 1.54) is 0 Å². The van der Waals surface area contributed by atoms with E-state index in [1.54, 1.807) is 17.5 Å². The van der Waals surface area contributed by atoms with Crippen LogP contribution in [0, 0.1) is 11.3 Å². The Balaban J connectivity index is 1.61. The zero-order valence-electron chi connectivity index (χ0n) is 13.2. The Morgan fingerprint density at radius 2 is 1.80 bits per heavy atom. The maximum Gasteiger partial charge on any atom is 0.147 e. The molecule has 0 aliphatic carbocycles. The smallest absolute Gasteiger partial charge is 0.147 e. The van der Waals surface area contributed by atoms with Crippen LogP contribution in [0.2, 0.25) is 0 Å². The van der Waals surface area contributed by atoms with Gasteiger partial charge in [-0.2, -0.15) is 5.26 Å². The lowest BCUT2D eigenvalue weighted by Crippen LogP contribution is -2.02. The molecule has 0 radical (unpaired) electrons. The van der Waals surface area contributed by atoms with E-state index in [9.17, 15) is 5.26 Å². The van der Waals surface area contributed by atoms with Crippen molar-refractivity contribution in [2.45, 2.75) is 6.54 Å². The summed E-state index contributed by atoms with van der Waals surface area (Å²) in [6.07, 6.45) is 1.60. The number of pyridine rings is 1. The van der Waals surface area contributed by atoms with Gasteiger partial charge in [0.05, 0.1) is 23.3 Å². The Morgan fingerprint density at radius 1 is 1.00 bits per heavy atom. The predicted octanol–water partition coefficient (Wildman–Crippen LogP) is 4.24. The summed E-state index contributed by atoms with van der Waals surface area (Å²) >= 11 is 1.54. The van der Waals surface area contributed by atoms with Crippen LogP contribution in [0.1, 0.15) is 10.6 Å². The number of nitrogens with zero attached hydrogens (tertiary/aromatic N) is 4. The number of nitriles is 1. The molecule has 0 aliphatic heterocycles. The third kappa shape index (κ3) is 3.05. The number of hydrogen-bond donors (Lipinski definition) is 1. The minimum Gasteiger partial charge on any atom is -0.377 e. The van der Waals surface area contributed by atoms with Gasteiger partial charge in [-0.1, -0.05) is 59.9 Å². The molecular weight excluding hydrogens is 330 g/mol. The molecule has 5 nitrogen and oxygen atoms in total. The van der Waals surface area contributed by atoms with Gasteiger partial charge < -0.3 is 5.32 Å². The van der Waals surface area contributed by atoms with E-state index in [2.05, 4.69) is 26.6 Å². The Labute approximate surface area is 148 Å². The van der Waals surface area contributed by atoms with Crippen LogP contribution in [0.3, 0.4) is 0 Å². The Morgan fingerprint density at radius 3 is 2.64 bits per heavy atom. The molecule has 0 atom stereocenters. The molecule has 0 aliphatic rings. The maximum absolute atomic E-state index is 9.37. The summed E-state index contributed by atoms with van der Waals surface area (Å²) in [4.78, 5) is 4.32. The van der Waals surface area contributed by atoms with E-state index in [0.29, 0.717) is 12.1 Å². The molecule has 120 valence electrons. The zero-order valence-corrected chi connectivity index (χ0v) is 14.0. The molecule has 0 amide bonds. The summed E-state index contributed by atoms with van der Waals surface area (Å²) in [5.74, 6) is 0. The van der Waals surface area contributed by atoms with Crippen LogP contribution < -0.4 is 5.32 Å². The van der Waals surface area contributed by atoms with Crippen molar-refractivity contribution in [3.05, 3.63) is 71.4 Å². The molecule has 4 aromatic rings. The van der Waals surface area contributed by atoms with Gasteiger partial charge in [-0.25, -0.2) is 0 Å². The number of hydrogen-bond acceptors (Lipinski definition) is 6. The predicted molar refractivity (Wildman–Crippen MR) is 99.1 cm³/mol. The molecule has 2 aromatic heterocycles. The van der Waals surface area contributed by atoms with E-state index < -0.39 is 0 Å². The summed E-state index contributed by atoms with van der Waals surface area (Å²) in [7, 11) is 0. The number of aromatic nitrogens is 3. The van der Waals surface area contributed by atoms with E-state index in [1.807, 2.05) is 54.6 Å². The monoisotopic (exact) mass is 343 g/mol.